The number of hydrogen-bond acceptors (Lipinski definition) is 6. The summed E-state index contributed by atoms with van der Waals surface area (Å²) in [5.41, 5.74) is 2.20. The molecule has 1 aliphatic rings. The molecule has 0 aliphatic carbocycles. The van der Waals surface area contributed by atoms with Crippen LogP contribution in [0.1, 0.15) is 41.6 Å². The number of carbonyl (C=O) groups is 3. The van der Waals surface area contributed by atoms with E-state index in [4.69, 9.17) is 4.74 Å². The highest BCUT2D eigenvalue weighted by Crippen LogP contribution is 2.29. The van der Waals surface area contributed by atoms with Gasteiger partial charge in [-0.15, -0.1) is 0 Å². The zero-order chi connectivity index (χ0) is 21.1. The van der Waals surface area contributed by atoms with Crippen LogP contribution in [0.15, 0.2) is 54.6 Å². The van der Waals surface area contributed by atoms with Crippen molar-refractivity contribution in [1.29, 1.82) is 0 Å². The average molecular weight is 421 g/mol. The van der Waals surface area contributed by atoms with Crippen LogP contribution in [0, 0.1) is 0 Å². The van der Waals surface area contributed by atoms with Crippen molar-refractivity contribution in [3.05, 3.63) is 81.9 Å². The molecule has 0 unspecified atom stereocenters. The summed E-state index contributed by atoms with van der Waals surface area (Å²) in [7, 11) is 1.29. The highest BCUT2D eigenvalue weighted by molar-refractivity contribution is 7.15. The van der Waals surface area contributed by atoms with E-state index in [1.165, 1.54) is 24.5 Å². The molecule has 2 aromatic carbocycles. The number of rotatable bonds is 4. The lowest BCUT2D eigenvalue weighted by atomic mass is 10.1. The van der Waals surface area contributed by atoms with Crippen LogP contribution in [0.25, 0.3) is 0 Å². The zero-order valence-corrected chi connectivity index (χ0v) is 17.1. The minimum atomic E-state index is -0.502. The normalized spacial score (nSPS) is 12.8. The number of methoxy groups -OCH3 is 1. The van der Waals surface area contributed by atoms with Gasteiger partial charge in [0.05, 0.1) is 24.9 Å². The molecule has 2 heterocycles. The molecule has 3 aromatic rings. The molecule has 0 fully saturated rings. The Hall–Kier alpha value is -3.52. The fourth-order valence-corrected chi connectivity index (χ4v) is 4.28. The molecule has 1 N–H and O–H groups in total. The van der Waals surface area contributed by atoms with E-state index in [1.807, 2.05) is 18.2 Å². The lowest BCUT2D eigenvalue weighted by Gasteiger charge is -2.26. The van der Waals surface area contributed by atoms with Crippen LogP contribution in [0.2, 0.25) is 0 Å². The Morgan fingerprint density at radius 3 is 2.53 bits per heavy atom. The van der Waals surface area contributed by atoms with E-state index in [0.717, 1.165) is 10.6 Å². The summed E-state index contributed by atoms with van der Waals surface area (Å²) in [4.78, 5) is 44.2. The second kappa shape index (κ2) is 8.46. The molecule has 1 aliphatic heterocycles. The van der Waals surface area contributed by atoms with Crippen LogP contribution in [0.4, 0.5) is 5.13 Å². The number of nitrogens with one attached hydrogen (secondary N) is 1. The Kier molecular flexibility index (Phi) is 5.58. The van der Waals surface area contributed by atoms with Crippen molar-refractivity contribution in [2.24, 2.45) is 0 Å². The van der Waals surface area contributed by atoms with Gasteiger partial charge in [-0.3, -0.25) is 14.9 Å². The Morgan fingerprint density at radius 1 is 1.03 bits per heavy atom. The molecule has 1 aromatic heterocycles. The number of esters is 1. The maximum Gasteiger partial charge on any atom is 0.337 e. The summed E-state index contributed by atoms with van der Waals surface area (Å²) in [6, 6.07) is 15.5. The van der Waals surface area contributed by atoms with Gasteiger partial charge in [0.2, 0.25) is 0 Å². The van der Waals surface area contributed by atoms with Crippen LogP contribution in [0.3, 0.4) is 0 Å². The lowest BCUT2D eigenvalue weighted by molar-refractivity contribution is 0.0600. The van der Waals surface area contributed by atoms with E-state index in [1.54, 1.807) is 35.2 Å². The fraction of sp³-hybridized carbons (Fsp3) is 0.182. The summed E-state index contributed by atoms with van der Waals surface area (Å²) >= 11 is 1.36. The van der Waals surface area contributed by atoms with Crippen molar-refractivity contribution >= 4 is 34.3 Å². The van der Waals surface area contributed by atoms with Gasteiger partial charge in [-0.1, -0.05) is 35.6 Å². The third-order valence-corrected chi connectivity index (χ3v) is 5.80. The molecule has 152 valence electrons. The van der Waals surface area contributed by atoms with Gasteiger partial charge in [-0.05, 0) is 30.3 Å². The monoisotopic (exact) mass is 421 g/mol. The van der Waals surface area contributed by atoms with E-state index in [-0.39, 0.29) is 11.8 Å². The Balaban J connectivity index is 1.46. The molecule has 4 rings (SSSR count). The van der Waals surface area contributed by atoms with Gasteiger partial charge in [-0.25, -0.2) is 9.78 Å². The van der Waals surface area contributed by atoms with Gasteiger partial charge in [0.25, 0.3) is 11.8 Å². The van der Waals surface area contributed by atoms with Crippen molar-refractivity contribution < 1.29 is 19.1 Å². The van der Waals surface area contributed by atoms with E-state index < -0.39 is 5.97 Å². The molecule has 2 amide bonds. The first-order chi connectivity index (χ1) is 14.5. The molecule has 30 heavy (non-hydrogen) atoms. The summed E-state index contributed by atoms with van der Waals surface area (Å²) in [5, 5.41) is 3.26. The van der Waals surface area contributed by atoms with Gasteiger partial charge in [-0.2, -0.15) is 0 Å². The lowest BCUT2D eigenvalue weighted by Crippen LogP contribution is -2.35. The van der Waals surface area contributed by atoms with Gasteiger partial charge in [0.1, 0.15) is 0 Å². The summed E-state index contributed by atoms with van der Waals surface area (Å²) < 4.78 is 4.69. The summed E-state index contributed by atoms with van der Waals surface area (Å²) in [5.74, 6) is -0.874. The van der Waals surface area contributed by atoms with Crippen molar-refractivity contribution in [3.63, 3.8) is 0 Å². The van der Waals surface area contributed by atoms with E-state index >= 15 is 0 Å². The second-order valence-corrected chi connectivity index (χ2v) is 7.84. The van der Waals surface area contributed by atoms with Crippen LogP contribution in [-0.2, 0) is 17.7 Å². The number of nitrogens with zero attached hydrogens (tertiary/aromatic N) is 2. The predicted octanol–water partition coefficient (Wildman–Crippen LogP) is 3.38. The van der Waals surface area contributed by atoms with Crippen molar-refractivity contribution in [2.75, 3.05) is 19.0 Å². The molecule has 0 bridgehead atoms. The van der Waals surface area contributed by atoms with Crippen molar-refractivity contribution in [3.8, 4) is 0 Å². The number of ether oxygens (including phenoxy) is 1. The molecular weight excluding hydrogens is 402 g/mol. The van der Waals surface area contributed by atoms with Gasteiger partial charge < -0.3 is 9.64 Å². The van der Waals surface area contributed by atoms with Gasteiger partial charge in [0, 0.05) is 29.0 Å². The van der Waals surface area contributed by atoms with Crippen molar-refractivity contribution in [2.45, 2.75) is 13.0 Å². The maximum atomic E-state index is 12.7. The number of fused-ring (bicyclic) bond motifs is 1. The predicted molar refractivity (Wildman–Crippen MR) is 113 cm³/mol. The first kappa shape index (κ1) is 19.8. The van der Waals surface area contributed by atoms with E-state index in [2.05, 4.69) is 10.3 Å². The third-order valence-electron chi connectivity index (χ3n) is 4.81. The average Bonchev–Trinajstić information content (AvgIpc) is 3.20. The molecule has 0 spiro atoms. The summed E-state index contributed by atoms with van der Waals surface area (Å²) in [6.07, 6.45) is 0.637. The SMILES string of the molecule is COC(=O)c1cccc(C(=O)Nc2nc3c(s2)CN(C(=O)c2ccccc2)CC3)c1. The zero-order valence-electron chi connectivity index (χ0n) is 16.3. The minimum absolute atomic E-state index is 0.0140. The topological polar surface area (TPSA) is 88.6 Å². The number of aromatic nitrogens is 1. The standard InChI is InChI=1S/C22H19N3O4S/c1-29-21(28)16-9-5-8-15(12-16)19(26)24-22-23-17-10-11-25(13-18(17)30-22)20(27)14-6-3-2-4-7-14/h2-9,12H,10-11,13H2,1H3,(H,23,24,26). The minimum Gasteiger partial charge on any atom is -0.465 e. The van der Waals surface area contributed by atoms with Crippen LogP contribution >= 0.6 is 11.3 Å². The molecule has 0 saturated heterocycles. The Labute approximate surface area is 177 Å². The molecule has 8 heteroatoms. The smallest absolute Gasteiger partial charge is 0.337 e. The van der Waals surface area contributed by atoms with E-state index in [9.17, 15) is 14.4 Å². The summed E-state index contributed by atoms with van der Waals surface area (Å²) in [6.45, 7) is 1.05. The molecule has 0 saturated carbocycles. The van der Waals surface area contributed by atoms with Crippen LogP contribution < -0.4 is 5.32 Å². The highest BCUT2D eigenvalue weighted by Gasteiger charge is 2.25. The fourth-order valence-electron chi connectivity index (χ4n) is 3.26. The number of hydrogen-bond donors (Lipinski definition) is 1. The molecule has 0 atom stereocenters. The third kappa shape index (κ3) is 4.08. The highest BCUT2D eigenvalue weighted by atomic mass is 32.1. The Bertz CT molecular complexity index is 1110. The first-order valence-electron chi connectivity index (χ1n) is 9.38. The molecule has 0 radical (unpaired) electrons. The van der Waals surface area contributed by atoms with Crippen LogP contribution in [0.5, 0.6) is 0 Å². The largest absolute Gasteiger partial charge is 0.465 e. The molecule has 7 nitrogen and oxygen atoms in total. The van der Waals surface area contributed by atoms with Crippen LogP contribution in [-0.4, -0.2) is 41.3 Å². The molecular formula is C22H19N3O4S. The number of amides is 2. The second-order valence-electron chi connectivity index (χ2n) is 6.76. The van der Waals surface area contributed by atoms with Crippen molar-refractivity contribution in [1.82, 2.24) is 9.88 Å². The van der Waals surface area contributed by atoms with Gasteiger partial charge in [0.15, 0.2) is 5.13 Å². The van der Waals surface area contributed by atoms with Gasteiger partial charge >= 0.3 is 5.97 Å². The first-order valence-corrected chi connectivity index (χ1v) is 10.2. The number of benzene rings is 2. The number of carbonyl (C=O) groups excluding carboxylic acids is 3. The number of anilines is 1. The quantitative estimate of drug-likeness (QED) is 0.653. The van der Waals surface area contributed by atoms with E-state index in [0.29, 0.717) is 41.3 Å². The number of thiazole rings is 1. The maximum absolute atomic E-state index is 12.7. The Morgan fingerprint density at radius 2 is 1.77 bits per heavy atom.